The summed E-state index contributed by atoms with van der Waals surface area (Å²) < 4.78 is 0. The second kappa shape index (κ2) is 6.92. The molecule has 2 aromatic rings. The fraction of sp³-hybridized carbons (Fsp3) is 0.409. The topological polar surface area (TPSA) is 72.3 Å². The number of nitrogens with one attached hydrogen (secondary N) is 1. The lowest BCUT2D eigenvalue weighted by atomic mass is 9.75. The number of para-hydroxylation sites is 1. The number of rotatable bonds is 2. The summed E-state index contributed by atoms with van der Waals surface area (Å²) >= 11 is 0. The zero-order valence-electron chi connectivity index (χ0n) is 15.7. The molecule has 3 atom stereocenters. The summed E-state index contributed by atoms with van der Waals surface area (Å²) in [5.74, 6) is 0.826. The average molecular weight is 373 g/mol. The number of benzene rings is 1. The van der Waals surface area contributed by atoms with Crippen molar-refractivity contribution in [2.75, 3.05) is 25.0 Å². The van der Waals surface area contributed by atoms with E-state index in [0.717, 1.165) is 25.9 Å². The number of aromatic nitrogens is 1. The Morgan fingerprint density at radius 2 is 1.96 bits per heavy atom. The highest BCUT2D eigenvalue weighted by Gasteiger charge is 2.54. The van der Waals surface area contributed by atoms with E-state index in [1.807, 2.05) is 29.3 Å². The van der Waals surface area contributed by atoms with Gasteiger partial charge in [0.1, 0.15) is 6.07 Å². The molecule has 3 unspecified atom stereocenters. The molecule has 0 spiro atoms. The van der Waals surface area contributed by atoms with Crippen LogP contribution in [0.5, 0.6) is 0 Å². The molecule has 2 amide bonds. The number of piperidine rings is 3. The molecule has 4 aliphatic rings. The molecule has 142 valence electrons. The van der Waals surface area contributed by atoms with Crippen molar-refractivity contribution in [2.45, 2.75) is 30.8 Å². The van der Waals surface area contributed by atoms with Crippen LogP contribution in [0.15, 0.2) is 48.8 Å². The van der Waals surface area contributed by atoms with Crippen molar-refractivity contribution in [3.63, 3.8) is 0 Å². The van der Waals surface area contributed by atoms with E-state index in [9.17, 15) is 10.1 Å². The van der Waals surface area contributed by atoms with Gasteiger partial charge >= 0.3 is 6.03 Å². The van der Waals surface area contributed by atoms with Crippen molar-refractivity contribution in [1.29, 1.82) is 5.26 Å². The van der Waals surface area contributed by atoms with Crippen molar-refractivity contribution < 1.29 is 4.79 Å². The lowest BCUT2D eigenvalue weighted by molar-refractivity contribution is 0.00492. The van der Waals surface area contributed by atoms with Gasteiger partial charge in [-0.25, -0.2) is 4.79 Å². The van der Waals surface area contributed by atoms with Crippen LogP contribution in [0.25, 0.3) is 0 Å². The molecule has 2 bridgehead atoms. The minimum atomic E-state index is -0.0992. The van der Waals surface area contributed by atoms with Crippen LogP contribution in [0.4, 0.5) is 10.5 Å². The highest BCUT2D eigenvalue weighted by Crippen LogP contribution is 2.46. The number of anilines is 1. The molecule has 4 aliphatic heterocycles. The van der Waals surface area contributed by atoms with E-state index in [4.69, 9.17) is 0 Å². The summed E-state index contributed by atoms with van der Waals surface area (Å²) in [6.07, 6.45) is 6.04. The smallest absolute Gasteiger partial charge is 0.319 e. The van der Waals surface area contributed by atoms with E-state index in [1.165, 1.54) is 5.56 Å². The summed E-state index contributed by atoms with van der Waals surface area (Å²) in [6.45, 7) is 2.93. The van der Waals surface area contributed by atoms with Crippen LogP contribution in [0.3, 0.4) is 0 Å². The Morgan fingerprint density at radius 1 is 1.14 bits per heavy atom. The van der Waals surface area contributed by atoms with E-state index >= 15 is 0 Å². The van der Waals surface area contributed by atoms with Crippen molar-refractivity contribution in [3.05, 3.63) is 59.9 Å². The first-order valence-corrected chi connectivity index (χ1v) is 9.97. The van der Waals surface area contributed by atoms with Crippen LogP contribution in [-0.2, 0) is 0 Å². The van der Waals surface area contributed by atoms with Crippen LogP contribution < -0.4 is 5.32 Å². The molecule has 6 rings (SSSR count). The Balaban J connectivity index is 1.46. The number of hydrogen-bond donors (Lipinski definition) is 1. The first-order valence-electron chi connectivity index (χ1n) is 9.97. The van der Waals surface area contributed by atoms with E-state index in [2.05, 4.69) is 27.3 Å². The van der Waals surface area contributed by atoms with Gasteiger partial charge in [-0.1, -0.05) is 18.2 Å². The molecule has 0 saturated carbocycles. The third kappa shape index (κ3) is 2.74. The number of urea groups is 1. The minimum absolute atomic E-state index is 0.0992. The third-order valence-electron chi connectivity index (χ3n) is 6.66. The molecule has 0 radical (unpaired) electrons. The number of fused-ring (bicyclic) bond motifs is 2. The fourth-order valence-corrected chi connectivity index (χ4v) is 5.42. The number of likely N-dealkylation sites (tertiary alicyclic amines) is 1. The van der Waals surface area contributed by atoms with Crippen LogP contribution in [0, 0.1) is 17.2 Å². The lowest BCUT2D eigenvalue weighted by Gasteiger charge is -2.51. The monoisotopic (exact) mass is 373 g/mol. The summed E-state index contributed by atoms with van der Waals surface area (Å²) in [5.41, 5.74) is 2.28. The van der Waals surface area contributed by atoms with E-state index in [-0.39, 0.29) is 18.0 Å². The zero-order valence-corrected chi connectivity index (χ0v) is 15.7. The van der Waals surface area contributed by atoms with Gasteiger partial charge < -0.3 is 10.2 Å². The maximum absolute atomic E-state index is 13.3. The second-order valence-electron chi connectivity index (χ2n) is 7.99. The largest absolute Gasteiger partial charge is 0.322 e. The molecule has 28 heavy (non-hydrogen) atoms. The van der Waals surface area contributed by atoms with Crippen LogP contribution >= 0.6 is 0 Å². The molecular formula is C22H23N5O. The van der Waals surface area contributed by atoms with Crippen molar-refractivity contribution in [2.24, 2.45) is 5.92 Å². The number of carbonyl (C=O) groups excluding carboxylic acids is 1. The van der Waals surface area contributed by atoms with Gasteiger partial charge in [0, 0.05) is 30.9 Å². The van der Waals surface area contributed by atoms with Crippen LogP contribution in [-0.4, -0.2) is 52.5 Å². The van der Waals surface area contributed by atoms with Gasteiger partial charge in [-0.05, 0) is 55.6 Å². The Morgan fingerprint density at radius 3 is 2.71 bits per heavy atom. The van der Waals surface area contributed by atoms with Crippen molar-refractivity contribution in [1.82, 2.24) is 14.8 Å². The molecular weight excluding hydrogens is 350 g/mol. The molecule has 1 aromatic heterocycles. The highest BCUT2D eigenvalue weighted by molar-refractivity contribution is 5.91. The lowest BCUT2D eigenvalue weighted by Crippen LogP contribution is -2.61. The summed E-state index contributed by atoms with van der Waals surface area (Å²) in [5, 5.41) is 12.3. The van der Waals surface area contributed by atoms with Gasteiger partial charge in [-0.3, -0.25) is 9.88 Å². The van der Waals surface area contributed by atoms with Crippen LogP contribution in [0.1, 0.15) is 29.9 Å². The first-order chi connectivity index (χ1) is 13.8. The van der Waals surface area contributed by atoms with Crippen LogP contribution in [0.2, 0.25) is 0 Å². The van der Waals surface area contributed by atoms with Gasteiger partial charge in [-0.2, -0.15) is 5.26 Å². The highest BCUT2D eigenvalue weighted by atomic mass is 16.2. The number of pyridine rings is 1. The second-order valence-corrected chi connectivity index (χ2v) is 7.99. The Bertz CT molecular complexity index is 916. The maximum atomic E-state index is 13.3. The molecule has 4 fully saturated rings. The quantitative estimate of drug-likeness (QED) is 0.878. The predicted molar refractivity (Wildman–Crippen MR) is 106 cm³/mol. The molecule has 0 aliphatic carbocycles. The van der Waals surface area contributed by atoms with Crippen molar-refractivity contribution in [3.8, 4) is 6.07 Å². The molecule has 6 nitrogen and oxygen atoms in total. The Kier molecular flexibility index (Phi) is 4.25. The van der Waals surface area contributed by atoms with Crippen molar-refractivity contribution >= 4 is 11.7 Å². The van der Waals surface area contributed by atoms with Gasteiger partial charge in [-0.15, -0.1) is 0 Å². The Labute approximate surface area is 164 Å². The molecule has 1 aromatic carbocycles. The maximum Gasteiger partial charge on any atom is 0.322 e. The standard InChI is InChI=1S/C22H23N5O/c23-12-16-4-1-2-6-19(16)25-22(28)27-14-18(17-5-3-9-24-13-17)21-20(27)15-7-10-26(21)11-8-15/h1-6,9,13,15,18,20-21H,7-8,10-11,14H2,(H,25,28). The summed E-state index contributed by atoms with van der Waals surface area (Å²) in [7, 11) is 0. The number of carbonyl (C=O) groups is 1. The zero-order chi connectivity index (χ0) is 19.1. The fourth-order valence-electron chi connectivity index (χ4n) is 5.42. The Hall–Kier alpha value is -2.91. The number of nitrogens with zero attached hydrogens (tertiary/aromatic N) is 4. The van der Waals surface area contributed by atoms with E-state index < -0.39 is 0 Å². The number of nitriles is 1. The molecule has 1 N–H and O–H groups in total. The van der Waals surface area contributed by atoms with E-state index in [1.54, 1.807) is 18.3 Å². The summed E-state index contributed by atoms with van der Waals surface area (Å²) in [6, 6.07) is 13.9. The van der Waals surface area contributed by atoms with Gasteiger partial charge in [0.25, 0.3) is 0 Å². The van der Waals surface area contributed by atoms with Gasteiger partial charge in [0.2, 0.25) is 0 Å². The molecule has 6 heteroatoms. The van der Waals surface area contributed by atoms with Gasteiger partial charge in [0.05, 0.1) is 17.3 Å². The number of amides is 2. The normalized spacial score (nSPS) is 30.5. The predicted octanol–water partition coefficient (Wildman–Crippen LogP) is 3.05. The SMILES string of the molecule is N#Cc1ccccc1NC(=O)N1CC(c2cccnc2)C2C1C1CCN2CC1. The molecule has 4 saturated heterocycles. The van der Waals surface area contributed by atoms with E-state index in [0.29, 0.717) is 29.8 Å². The van der Waals surface area contributed by atoms with Gasteiger partial charge in [0.15, 0.2) is 0 Å². The first kappa shape index (κ1) is 17.2. The average Bonchev–Trinajstić information content (AvgIpc) is 3.19. The number of hydrogen-bond acceptors (Lipinski definition) is 4. The minimum Gasteiger partial charge on any atom is -0.319 e. The third-order valence-corrected chi connectivity index (χ3v) is 6.66. The summed E-state index contributed by atoms with van der Waals surface area (Å²) in [4.78, 5) is 22.2. The molecule has 5 heterocycles.